The van der Waals surface area contributed by atoms with Crippen molar-refractivity contribution in [2.24, 2.45) is 12.1 Å². The first-order chi connectivity index (χ1) is 9.83. The Hall–Kier alpha value is -2.65. The van der Waals surface area contributed by atoms with Crippen molar-refractivity contribution in [2.45, 2.75) is 12.7 Å². The molecule has 0 aliphatic heterocycles. The van der Waals surface area contributed by atoms with Crippen molar-refractivity contribution in [1.29, 1.82) is 0 Å². The number of nitrogens with one attached hydrogen (secondary N) is 1. The van der Waals surface area contributed by atoms with Gasteiger partial charge in [0.15, 0.2) is 0 Å². The van der Waals surface area contributed by atoms with Gasteiger partial charge in [-0.05, 0) is 6.07 Å². The predicted octanol–water partition coefficient (Wildman–Crippen LogP) is 0.943. The molecule has 0 aliphatic rings. The fourth-order valence-corrected chi connectivity index (χ4v) is 1.48. The van der Waals surface area contributed by atoms with Crippen LogP contribution in [0, 0.1) is 0 Å². The molecule has 2 rings (SSSR count). The van der Waals surface area contributed by atoms with E-state index in [1.807, 2.05) is 0 Å². The summed E-state index contributed by atoms with van der Waals surface area (Å²) in [5.74, 6) is -0.478. The van der Waals surface area contributed by atoms with Crippen molar-refractivity contribution in [3.63, 3.8) is 0 Å². The number of hydrazone groups is 1. The highest BCUT2D eigenvalue weighted by Gasteiger charge is 2.28. The number of aryl methyl sites for hydroxylation is 1. The Morgan fingerprint density at radius 3 is 2.90 bits per heavy atom. The second-order valence-electron chi connectivity index (χ2n) is 4.16. The van der Waals surface area contributed by atoms with Crippen LogP contribution in [0.2, 0.25) is 0 Å². The van der Waals surface area contributed by atoms with Crippen LogP contribution >= 0.6 is 0 Å². The van der Waals surface area contributed by atoms with Gasteiger partial charge in [-0.3, -0.25) is 14.2 Å². The Morgan fingerprint density at radius 2 is 2.29 bits per heavy atom. The van der Waals surface area contributed by atoms with Crippen LogP contribution in [-0.2, 0) is 13.6 Å². The first-order valence-electron chi connectivity index (χ1n) is 5.76. The van der Waals surface area contributed by atoms with Gasteiger partial charge in [0.25, 0.3) is 5.91 Å². The monoisotopic (exact) mass is 300 g/mol. The van der Waals surface area contributed by atoms with Gasteiger partial charge in [0, 0.05) is 19.4 Å². The van der Waals surface area contributed by atoms with Crippen LogP contribution in [-0.4, -0.2) is 37.9 Å². The second-order valence-corrected chi connectivity index (χ2v) is 4.16. The topological polar surface area (TPSA) is 77.1 Å². The molecule has 0 fully saturated rings. The summed E-state index contributed by atoms with van der Waals surface area (Å²) < 4.78 is 38.6. The molecule has 0 saturated carbocycles. The largest absolute Gasteiger partial charge is 0.408 e. The van der Waals surface area contributed by atoms with Gasteiger partial charge in [0.05, 0.1) is 18.0 Å². The lowest BCUT2D eigenvalue weighted by atomic mass is 10.3. The van der Waals surface area contributed by atoms with E-state index in [4.69, 9.17) is 0 Å². The molecule has 0 aliphatic carbocycles. The Kier molecular flexibility index (Phi) is 4.05. The average molecular weight is 300 g/mol. The van der Waals surface area contributed by atoms with Gasteiger partial charge in [0.2, 0.25) is 0 Å². The number of hydrogen-bond donors (Lipinski definition) is 1. The Bertz CT molecular complexity index is 657. The lowest BCUT2D eigenvalue weighted by Crippen LogP contribution is -2.18. The number of rotatable bonds is 4. The average Bonchev–Trinajstić information content (AvgIpc) is 2.96. The fourth-order valence-electron chi connectivity index (χ4n) is 1.48. The van der Waals surface area contributed by atoms with Gasteiger partial charge in [-0.1, -0.05) is 0 Å². The van der Waals surface area contributed by atoms with Gasteiger partial charge in [-0.25, -0.2) is 5.43 Å². The molecule has 1 amide bonds. The molecule has 21 heavy (non-hydrogen) atoms. The molecule has 112 valence electrons. The summed E-state index contributed by atoms with van der Waals surface area (Å²) in [6.07, 6.45) is 0.861. The lowest BCUT2D eigenvalue weighted by Gasteiger charge is -2.04. The highest BCUT2D eigenvalue weighted by molar-refractivity contribution is 5.94. The minimum Gasteiger partial charge on any atom is -0.275 e. The highest BCUT2D eigenvalue weighted by atomic mass is 19.4. The van der Waals surface area contributed by atoms with Gasteiger partial charge in [-0.2, -0.15) is 28.5 Å². The van der Waals surface area contributed by atoms with Crippen LogP contribution in [0.5, 0.6) is 0 Å². The first-order valence-corrected chi connectivity index (χ1v) is 5.76. The Morgan fingerprint density at radius 1 is 1.52 bits per heavy atom. The van der Waals surface area contributed by atoms with Gasteiger partial charge >= 0.3 is 6.18 Å². The zero-order valence-electron chi connectivity index (χ0n) is 10.9. The summed E-state index contributed by atoms with van der Waals surface area (Å²) in [7, 11) is 1.66. The summed E-state index contributed by atoms with van der Waals surface area (Å²) in [4.78, 5) is 11.6. The first kappa shape index (κ1) is 14.8. The number of aromatic nitrogens is 4. The molecule has 0 radical (unpaired) electrons. The van der Waals surface area contributed by atoms with E-state index in [2.05, 4.69) is 20.7 Å². The highest BCUT2D eigenvalue weighted by Crippen LogP contribution is 2.16. The van der Waals surface area contributed by atoms with Crippen LogP contribution in [0.4, 0.5) is 13.2 Å². The third-order valence-corrected chi connectivity index (χ3v) is 2.33. The maximum atomic E-state index is 12.1. The molecule has 0 atom stereocenters. The molecule has 2 heterocycles. The van der Waals surface area contributed by atoms with Crippen molar-refractivity contribution in [1.82, 2.24) is 25.0 Å². The van der Waals surface area contributed by atoms with Crippen molar-refractivity contribution < 1.29 is 18.0 Å². The molecule has 0 bridgehead atoms. The van der Waals surface area contributed by atoms with E-state index in [1.165, 1.54) is 29.3 Å². The van der Waals surface area contributed by atoms with Crippen LogP contribution in [0.15, 0.2) is 29.8 Å². The minimum atomic E-state index is -4.34. The molecule has 0 unspecified atom stereocenters. The summed E-state index contributed by atoms with van der Waals surface area (Å²) in [5.41, 5.74) is 2.74. The van der Waals surface area contributed by atoms with E-state index in [0.29, 0.717) is 5.56 Å². The van der Waals surface area contributed by atoms with E-state index in [1.54, 1.807) is 7.05 Å². The Balaban J connectivity index is 1.91. The smallest absolute Gasteiger partial charge is 0.275 e. The molecule has 10 heteroatoms. The molecule has 1 N–H and O–H groups in total. The molecule has 2 aromatic rings. The molecule has 0 aromatic carbocycles. The number of amides is 1. The van der Waals surface area contributed by atoms with Gasteiger partial charge in [0.1, 0.15) is 12.2 Å². The molecular weight excluding hydrogens is 289 g/mol. The van der Waals surface area contributed by atoms with Crippen LogP contribution in [0.3, 0.4) is 0 Å². The Labute approximate surface area is 117 Å². The van der Waals surface area contributed by atoms with Crippen molar-refractivity contribution in [3.8, 4) is 0 Å². The summed E-state index contributed by atoms with van der Waals surface area (Å²) >= 11 is 0. The molecule has 0 spiro atoms. The van der Waals surface area contributed by atoms with Crippen molar-refractivity contribution in [2.75, 3.05) is 0 Å². The number of carbonyl (C=O) groups is 1. The standard InChI is InChI=1S/C11H11F3N6O/c1-19-6-8(4-16-19)10(21)17-15-5-9-2-3-20(18-9)7-11(12,13)14/h2-6H,7H2,1H3,(H,17,21)/b15-5+. The SMILES string of the molecule is Cn1cc(C(=O)N/N=C/c2ccn(CC(F)(F)F)n2)cn1. The molecule has 2 aromatic heterocycles. The van der Waals surface area contributed by atoms with E-state index < -0.39 is 18.6 Å². The van der Waals surface area contributed by atoms with E-state index in [0.717, 1.165) is 10.9 Å². The van der Waals surface area contributed by atoms with Crippen LogP contribution < -0.4 is 5.43 Å². The maximum absolute atomic E-state index is 12.1. The molecule has 7 nitrogen and oxygen atoms in total. The maximum Gasteiger partial charge on any atom is 0.408 e. The van der Waals surface area contributed by atoms with Crippen molar-refractivity contribution >= 4 is 12.1 Å². The number of nitrogens with zero attached hydrogens (tertiary/aromatic N) is 5. The lowest BCUT2D eigenvalue weighted by molar-refractivity contribution is -0.142. The quantitative estimate of drug-likeness (QED) is 0.674. The predicted molar refractivity (Wildman–Crippen MR) is 66.6 cm³/mol. The van der Waals surface area contributed by atoms with Gasteiger partial charge in [-0.15, -0.1) is 0 Å². The van der Waals surface area contributed by atoms with Crippen molar-refractivity contribution in [3.05, 3.63) is 35.9 Å². The third kappa shape index (κ3) is 4.44. The number of hydrogen-bond acceptors (Lipinski definition) is 4. The normalized spacial score (nSPS) is 12.0. The van der Waals surface area contributed by atoms with Crippen LogP contribution in [0.1, 0.15) is 16.1 Å². The number of halogens is 3. The third-order valence-electron chi connectivity index (χ3n) is 2.33. The molecule has 0 saturated heterocycles. The summed E-state index contributed by atoms with van der Waals surface area (Å²) in [6.45, 7) is -1.18. The zero-order chi connectivity index (χ0) is 15.5. The second kappa shape index (κ2) is 5.77. The van der Waals surface area contributed by atoms with E-state index in [9.17, 15) is 18.0 Å². The van der Waals surface area contributed by atoms with Gasteiger partial charge < -0.3 is 0 Å². The fraction of sp³-hybridized carbons (Fsp3) is 0.273. The van der Waals surface area contributed by atoms with E-state index >= 15 is 0 Å². The summed E-state index contributed by atoms with van der Waals surface area (Å²) in [6, 6.07) is 1.35. The number of carbonyl (C=O) groups excluding carboxylic acids is 1. The minimum absolute atomic E-state index is 0.200. The van der Waals surface area contributed by atoms with E-state index in [-0.39, 0.29) is 5.69 Å². The number of alkyl halides is 3. The van der Waals surface area contributed by atoms with Crippen LogP contribution in [0.25, 0.3) is 0 Å². The molecular formula is C11H11F3N6O. The summed E-state index contributed by atoms with van der Waals surface area (Å²) in [5, 5.41) is 11.1. The zero-order valence-corrected chi connectivity index (χ0v) is 10.9.